The maximum Gasteiger partial charge on any atom is 0.255 e. The summed E-state index contributed by atoms with van der Waals surface area (Å²) >= 11 is 0. The second kappa shape index (κ2) is 8.08. The van der Waals surface area contributed by atoms with Crippen molar-refractivity contribution in [1.29, 1.82) is 0 Å². The number of ether oxygens (including phenoxy) is 1. The lowest BCUT2D eigenvalue weighted by molar-refractivity contribution is 0.0948. The number of hydrogen-bond acceptors (Lipinski definition) is 5. The number of phenols is 1. The Hall–Kier alpha value is -2.76. The van der Waals surface area contributed by atoms with E-state index < -0.39 is 0 Å². The van der Waals surface area contributed by atoms with Crippen molar-refractivity contribution in [3.05, 3.63) is 47.7 Å². The van der Waals surface area contributed by atoms with Crippen molar-refractivity contribution in [2.75, 3.05) is 25.1 Å². The highest BCUT2D eigenvalue weighted by atomic mass is 16.5. The zero-order valence-electron chi connectivity index (χ0n) is 15.2. The van der Waals surface area contributed by atoms with Crippen LogP contribution in [0.4, 0.5) is 5.82 Å². The summed E-state index contributed by atoms with van der Waals surface area (Å²) in [5, 5.41) is 12.7. The molecule has 2 aromatic rings. The van der Waals surface area contributed by atoms with Gasteiger partial charge in [-0.2, -0.15) is 0 Å². The molecule has 0 saturated carbocycles. The fourth-order valence-electron chi connectivity index (χ4n) is 3.05. The van der Waals surface area contributed by atoms with Crippen LogP contribution in [-0.4, -0.2) is 36.2 Å². The van der Waals surface area contributed by atoms with Crippen LogP contribution in [0, 0.1) is 5.92 Å². The number of rotatable bonds is 5. The number of nitrogens with one attached hydrogen (secondary N) is 1. The number of anilines is 1. The molecule has 1 aromatic heterocycles. The molecule has 2 heterocycles. The molecule has 1 amide bonds. The zero-order chi connectivity index (χ0) is 18.5. The Balaban J connectivity index is 1.59. The third-order valence-electron chi connectivity index (χ3n) is 4.82. The van der Waals surface area contributed by atoms with Gasteiger partial charge in [0.25, 0.3) is 5.91 Å². The van der Waals surface area contributed by atoms with E-state index in [2.05, 4.69) is 22.1 Å². The maximum atomic E-state index is 12.3. The molecule has 0 aliphatic carbocycles. The zero-order valence-corrected chi connectivity index (χ0v) is 15.2. The Morgan fingerprint density at radius 3 is 2.73 bits per heavy atom. The summed E-state index contributed by atoms with van der Waals surface area (Å²) in [6.45, 7) is 4.72. The molecule has 1 fully saturated rings. The highest BCUT2D eigenvalue weighted by molar-refractivity contribution is 5.97. The first-order valence-electron chi connectivity index (χ1n) is 8.92. The topological polar surface area (TPSA) is 74.7 Å². The van der Waals surface area contributed by atoms with Crippen molar-refractivity contribution in [3.63, 3.8) is 0 Å². The average Bonchev–Trinajstić information content (AvgIpc) is 2.67. The van der Waals surface area contributed by atoms with E-state index >= 15 is 0 Å². The predicted molar refractivity (Wildman–Crippen MR) is 101 cm³/mol. The number of phenolic OH excluding ortho intramolecular Hbond substituents is 1. The van der Waals surface area contributed by atoms with Crippen LogP contribution >= 0.6 is 0 Å². The summed E-state index contributed by atoms with van der Waals surface area (Å²) < 4.78 is 5.09. The molecule has 3 rings (SSSR count). The monoisotopic (exact) mass is 355 g/mol. The molecule has 1 aliphatic rings. The van der Waals surface area contributed by atoms with E-state index in [1.165, 1.54) is 32.1 Å². The molecule has 0 unspecified atom stereocenters. The first-order chi connectivity index (χ1) is 12.6. The van der Waals surface area contributed by atoms with Gasteiger partial charge in [-0.25, -0.2) is 4.98 Å². The normalized spacial score (nSPS) is 14.9. The van der Waals surface area contributed by atoms with Gasteiger partial charge in [-0.05, 0) is 48.6 Å². The van der Waals surface area contributed by atoms with Gasteiger partial charge in [0.1, 0.15) is 17.3 Å². The van der Waals surface area contributed by atoms with Crippen LogP contribution in [0.15, 0.2) is 36.5 Å². The van der Waals surface area contributed by atoms with Crippen molar-refractivity contribution in [2.24, 2.45) is 5.92 Å². The summed E-state index contributed by atoms with van der Waals surface area (Å²) in [7, 11) is 1.52. The number of carbonyl (C=O) groups is 1. The van der Waals surface area contributed by atoms with Gasteiger partial charge in [0.15, 0.2) is 0 Å². The predicted octanol–water partition coefficient (Wildman–Crippen LogP) is 2.96. The highest BCUT2D eigenvalue weighted by Gasteiger charge is 2.17. The van der Waals surface area contributed by atoms with E-state index in [1.807, 2.05) is 12.1 Å². The van der Waals surface area contributed by atoms with E-state index in [9.17, 15) is 9.90 Å². The summed E-state index contributed by atoms with van der Waals surface area (Å²) in [5.41, 5.74) is 1.10. The molecule has 1 aliphatic heterocycles. The molecule has 2 N–H and O–H groups in total. The van der Waals surface area contributed by atoms with Crippen molar-refractivity contribution >= 4 is 11.7 Å². The fourth-order valence-corrected chi connectivity index (χ4v) is 3.05. The molecule has 0 spiro atoms. The van der Waals surface area contributed by atoms with Crippen LogP contribution in [0.1, 0.15) is 35.7 Å². The second-order valence-electron chi connectivity index (χ2n) is 6.76. The van der Waals surface area contributed by atoms with E-state index in [-0.39, 0.29) is 17.2 Å². The number of methoxy groups -OCH3 is 1. The standard InChI is InChI=1S/C20H25N3O3/c1-14-7-9-23(10-8-14)19-6-3-15(12-21-19)13-22-20(25)17-11-16(26-2)4-5-18(17)24/h3-6,11-12,14,24H,7-10,13H2,1-2H3,(H,22,25). The molecular formula is C20H25N3O3. The number of amides is 1. The van der Waals surface area contributed by atoms with Crippen LogP contribution < -0.4 is 15.0 Å². The van der Waals surface area contributed by atoms with Gasteiger partial charge in [-0.1, -0.05) is 13.0 Å². The molecular weight excluding hydrogens is 330 g/mol. The first-order valence-corrected chi connectivity index (χ1v) is 8.92. The smallest absolute Gasteiger partial charge is 0.255 e. The van der Waals surface area contributed by atoms with Crippen LogP contribution in [0.2, 0.25) is 0 Å². The first kappa shape index (κ1) is 18.0. The number of carbonyl (C=O) groups excluding carboxylic acids is 1. The summed E-state index contributed by atoms with van der Waals surface area (Å²) in [5.74, 6) is 1.87. The molecule has 0 radical (unpaired) electrons. The lowest BCUT2D eigenvalue weighted by Crippen LogP contribution is -2.33. The van der Waals surface area contributed by atoms with Gasteiger partial charge in [-0.3, -0.25) is 4.79 Å². The maximum absolute atomic E-state index is 12.3. The molecule has 1 saturated heterocycles. The van der Waals surface area contributed by atoms with E-state index in [1.54, 1.807) is 12.3 Å². The van der Waals surface area contributed by atoms with Crippen LogP contribution in [0.3, 0.4) is 0 Å². The molecule has 6 nitrogen and oxygen atoms in total. The van der Waals surface area contributed by atoms with Crippen molar-refractivity contribution in [1.82, 2.24) is 10.3 Å². The minimum absolute atomic E-state index is 0.0731. The number of piperidine rings is 1. The van der Waals surface area contributed by atoms with E-state index in [0.717, 1.165) is 30.4 Å². The van der Waals surface area contributed by atoms with Gasteiger partial charge in [0, 0.05) is 25.8 Å². The van der Waals surface area contributed by atoms with Gasteiger partial charge < -0.3 is 20.1 Å². The minimum atomic E-state index is -0.351. The quantitative estimate of drug-likeness (QED) is 0.862. The number of hydrogen-bond donors (Lipinski definition) is 2. The van der Waals surface area contributed by atoms with Crippen LogP contribution in [-0.2, 0) is 6.54 Å². The average molecular weight is 355 g/mol. The SMILES string of the molecule is COc1ccc(O)c(C(=O)NCc2ccc(N3CCC(C)CC3)nc2)c1. The lowest BCUT2D eigenvalue weighted by Gasteiger charge is -2.31. The highest BCUT2D eigenvalue weighted by Crippen LogP contribution is 2.23. The summed E-state index contributed by atoms with van der Waals surface area (Å²) in [4.78, 5) is 19.1. The molecule has 26 heavy (non-hydrogen) atoms. The number of aromatic hydroxyl groups is 1. The summed E-state index contributed by atoms with van der Waals surface area (Å²) in [6, 6.07) is 8.55. The molecule has 6 heteroatoms. The van der Waals surface area contributed by atoms with E-state index in [0.29, 0.717) is 12.3 Å². The van der Waals surface area contributed by atoms with Crippen LogP contribution in [0.25, 0.3) is 0 Å². The molecule has 1 aromatic carbocycles. The Bertz CT molecular complexity index is 753. The van der Waals surface area contributed by atoms with E-state index in [4.69, 9.17) is 4.74 Å². The number of aromatic nitrogens is 1. The Labute approximate surface area is 153 Å². The van der Waals surface area contributed by atoms with Crippen molar-refractivity contribution in [2.45, 2.75) is 26.3 Å². The largest absolute Gasteiger partial charge is 0.507 e. The van der Waals surface area contributed by atoms with Crippen molar-refractivity contribution in [3.8, 4) is 11.5 Å². The summed E-state index contributed by atoms with van der Waals surface area (Å²) in [6.07, 6.45) is 4.19. The van der Waals surface area contributed by atoms with Crippen molar-refractivity contribution < 1.29 is 14.6 Å². The molecule has 0 bridgehead atoms. The Morgan fingerprint density at radius 2 is 2.08 bits per heavy atom. The number of benzene rings is 1. The Morgan fingerprint density at radius 1 is 1.31 bits per heavy atom. The number of nitrogens with zero attached hydrogens (tertiary/aromatic N) is 2. The number of pyridine rings is 1. The Kier molecular flexibility index (Phi) is 5.61. The minimum Gasteiger partial charge on any atom is -0.507 e. The fraction of sp³-hybridized carbons (Fsp3) is 0.400. The third kappa shape index (κ3) is 4.25. The third-order valence-corrected chi connectivity index (χ3v) is 4.82. The molecule has 0 atom stereocenters. The second-order valence-corrected chi connectivity index (χ2v) is 6.76. The van der Waals surface area contributed by atoms with Gasteiger partial charge in [-0.15, -0.1) is 0 Å². The molecule has 138 valence electrons. The van der Waals surface area contributed by atoms with Crippen LogP contribution in [0.5, 0.6) is 11.5 Å². The van der Waals surface area contributed by atoms with Gasteiger partial charge in [0.2, 0.25) is 0 Å². The van der Waals surface area contributed by atoms with Gasteiger partial charge in [0.05, 0.1) is 12.7 Å². The lowest BCUT2D eigenvalue weighted by atomic mass is 9.99. The van der Waals surface area contributed by atoms with Gasteiger partial charge >= 0.3 is 0 Å².